The summed E-state index contributed by atoms with van der Waals surface area (Å²) in [5.41, 5.74) is -6.48. The molecule has 0 fully saturated rings. The lowest BCUT2D eigenvalue weighted by Crippen LogP contribution is -2.67. The molecule has 0 saturated heterocycles. The maximum absolute atomic E-state index is 12.8. The molecule has 0 aliphatic rings. The summed E-state index contributed by atoms with van der Waals surface area (Å²) < 4.78 is 115. The van der Waals surface area contributed by atoms with E-state index in [-0.39, 0.29) is 5.56 Å². The average Bonchev–Trinajstić information content (AvgIpc) is 2.34. The Labute approximate surface area is 129 Å². The number of hydrogen-bond acceptors (Lipinski definition) is 1. The fourth-order valence-corrected chi connectivity index (χ4v) is 2.00. The van der Waals surface area contributed by atoms with Crippen molar-refractivity contribution < 1.29 is 44.3 Å². The Hall–Kier alpha value is -1.94. The molecule has 0 radical (unpaired) electrons. The first kappa shape index (κ1) is 20.1. The van der Waals surface area contributed by atoms with E-state index in [0.717, 1.165) is 12.2 Å². The molecular weight excluding hydrogens is 357 g/mol. The second-order valence-electron chi connectivity index (χ2n) is 4.85. The van der Waals surface area contributed by atoms with Crippen molar-refractivity contribution in [1.82, 2.24) is 5.32 Å². The van der Waals surface area contributed by atoms with Gasteiger partial charge in [-0.3, -0.25) is 4.79 Å². The molecule has 0 saturated carbocycles. The van der Waals surface area contributed by atoms with E-state index in [4.69, 9.17) is 0 Å². The van der Waals surface area contributed by atoms with Gasteiger partial charge in [-0.1, -0.05) is 30.3 Å². The minimum absolute atomic E-state index is 0.0336. The maximum atomic E-state index is 12.8. The minimum Gasteiger partial charge on any atom is -0.348 e. The van der Waals surface area contributed by atoms with E-state index in [0.29, 0.717) is 0 Å². The second kappa shape index (κ2) is 6.17. The summed E-state index contributed by atoms with van der Waals surface area (Å²) in [6, 6.07) is 5.10. The van der Waals surface area contributed by atoms with E-state index in [9.17, 15) is 44.3 Å². The highest BCUT2D eigenvalue weighted by Gasteiger charge is 2.88. The number of amides is 1. The summed E-state index contributed by atoms with van der Waals surface area (Å²) in [5, 5.41) is 1.16. The topological polar surface area (TPSA) is 29.1 Å². The van der Waals surface area contributed by atoms with E-state index < -0.39 is 35.9 Å². The summed E-state index contributed by atoms with van der Waals surface area (Å²) in [4.78, 5) is 11.5. The molecule has 0 heterocycles. The second-order valence-corrected chi connectivity index (χ2v) is 4.85. The number of nitrogens with one attached hydrogen (secondary N) is 1. The molecule has 0 bridgehead atoms. The quantitative estimate of drug-likeness (QED) is 0.781. The number of hydrogen-bond donors (Lipinski definition) is 1. The molecular formula is C13H10F9NO. The molecule has 11 heteroatoms. The van der Waals surface area contributed by atoms with Crippen molar-refractivity contribution in [1.29, 1.82) is 0 Å². The Balaban J connectivity index is 3.38. The number of carbonyl (C=O) groups excluding carboxylic acids is 1. The van der Waals surface area contributed by atoms with Crippen LogP contribution in [0, 0.1) is 5.41 Å². The maximum Gasteiger partial charge on any atom is 0.421 e. The largest absolute Gasteiger partial charge is 0.421 e. The van der Waals surface area contributed by atoms with Crippen molar-refractivity contribution in [2.24, 2.45) is 5.41 Å². The summed E-state index contributed by atoms with van der Waals surface area (Å²) in [7, 11) is 0. The first-order valence-corrected chi connectivity index (χ1v) is 6.22. The molecule has 24 heavy (non-hydrogen) atoms. The molecule has 1 N–H and O–H groups in total. The summed E-state index contributed by atoms with van der Waals surface area (Å²) in [6.07, 6.45) is -20.8. The average molecular weight is 367 g/mol. The zero-order valence-electron chi connectivity index (χ0n) is 11.8. The highest BCUT2D eigenvalue weighted by Crippen LogP contribution is 2.59. The van der Waals surface area contributed by atoms with E-state index in [1.54, 1.807) is 0 Å². The van der Waals surface area contributed by atoms with Gasteiger partial charge in [-0.05, 0) is 12.5 Å². The van der Waals surface area contributed by atoms with Crippen LogP contribution in [0.4, 0.5) is 39.5 Å². The van der Waals surface area contributed by atoms with Gasteiger partial charge in [0.25, 0.3) is 5.91 Å². The Kier molecular flexibility index (Phi) is 5.17. The zero-order chi connectivity index (χ0) is 19.0. The van der Waals surface area contributed by atoms with Gasteiger partial charge < -0.3 is 5.32 Å². The number of alkyl halides is 9. The third-order valence-electron chi connectivity index (χ3n) is 3.26. The van der Waals surface area contributed by atoms with E-state index in [1.165, 1.54) is 30.3 Å². The summed E-state index contributed by atoms with van der Waals surface area (Å²) >= 11 is 0. The SMILES string of the molecule is C[C@@H](NC(=O)C(C(F)(F)F)(C(F)(F)F)C(F)(F)F)c1ccccc1. The lowest BCUT2D eigenvalue weighted by molar-refractivity contribution is -0.407. The molecule has 0 aromatic heterocycles. The fourth-order valence-electron chi connectivity index (χ4n) is 2.00. The normalized spacial score (nSPS) is 15.1. The number of carbonyl (C=O) groups is 1. The number of rotatable bonds is 3. The highest BCUT2D eigenvalue weighted by molar-refractivity contribution is 5.86. The van der Waals surface area contributed by atoms with Crippen LogP contribution in [0.15, 0.2) is 30.3 Å². The first-order valence-electron chi connectivity index (χ1n) is 6.22. The van der Waals surface area contributed by atoms with Crippen LogP contribution in [0.2, 0.25) is 0 Å². The molecule has 1 rings (SSSR count). The van der Waals surface area contributed by atoms with Gasteiger partial charge in [-0.2, -0.15) is 39.5 Å². The summed E-state index contributed by atoms with van der Waals surface area (Å²) in [5.74, 6) is -3.23. The highest BCUT2D eigenvalue weighted by atomic mass is 19.4. The van der Waals surface area contributed by atoms with Crippen LogP contribution in [0.25, 0.3) is 0 Å². The Morgan fingerprint density at radius 3 is 1.54 bits per heavy atom. The predicted octanol–water partition coefficient (Wildman–Crippen LogP) is 4.54. The van der Waals surface area contributed by atoms with E-state index in [1.807, 2.05) is 0 Å². The Bertz CT molecular complexity index is 538. The molecule has 1 aromatic rings. The van der Waals surface area contributed by atoms with Crippen molar-refractivity contribution in [3.8, 4) is 0 Å². The molecule has 2 nitrogen and oxygen atoms in total. The van der Waals surface area contributed by atoms with Crippen LogP contribution in [-0.2, 0) is 4.79 Å². The van der Waals surface area contributed by atoms with Crippen molar-refractivity contribution >= 4 is 5.91 Å². The van der Waals surface area contributed by atoms with Crippen LogP contribution < -0.4 is 5.32 Å². The fraction of sp³-hybridized carbons (Fsp3) is 0.462. The van der Waals surface area contributed by atoms with Crippen molar-refractivity contribution in [3.63, 3.8) is 0 Å². The van der Waals surface area contributed by atoms with E-state index in [2.05, 4.69) is 0 Å². The van der Waals surface area contributed by atoms with Gasteiger partial charge in [0.2, 0.25) is 0 Å². The molecule has 0 aliphatic carbocycles. The molecule has 0 unspecified atom stereocenters. The number of benzene rings is 1. The zero-order valence-corrected chi connectivity index (χ0v) is 11.8. The minimum atomic E-state index is -6.93. The van der Waals surface area contributed by atoms with Gasteiger partial charge in [0.1, 0.15) is 0 Å². The lowest BCUT2D eigenvalue weighted by atomic mass is 9.83. The standard InChI is InChI=1S/C13H10F9NO/c1-7(8-5-3-2-4-6-8)23-9(24)10(11(14,15)16,12(17,18)19)13(20,21)22/h2-7H,1H3,(H,23,24)/t7-/m1/s1. The van der Waals surface area contributed by atoms with Crippen LogP contribution in [0.1, 0.15) is 18.5 Å². The summed E-state index contributed by atoms with van der Waals surface area (Å²) in [6.45, 7) is 0.959. The van der Waals surface area contributed by atoms with Crippen LogP contribution in [-0.4, -0.2) is 24.4 Å². The monoisotopic (exact) mass is 367 g/mol. The lowest BCUT2D eigenvalue weighted by Gasteiger charge is -2.37. The molecule has 136 valence electrons. The third kappa shape index (κ3) is 3.29. The first-order chi connectivity index (χ1) is 10.7. The molecule has 1 atom stereocenters. The van der Waals surface area contributed by atoms with Gasteiger partial charge in [-0.15, -0.1) is 0 Å². The van der Waals surface area contributed by atoms with Gasteiger partial charge >= 0.3 is 23.9 Å². The Morgan fingerprint density at radius 2 is 1.21 bits per heavy atom. The van der Waals surface area contributed by atoms with Gasteiger partial charge in [0, 0.05) is 0 Å². The Morgan fingerprint density at radius 1 is 0.833 bits per heavy atom. The van der Waals surface area contributed by atoms with E-state index >= 15 is 0 Å². The van der Waals surface area contributed by atoms with Crippen LogP contribution >= 0.6 is 0 Å². The third-order valence-corrected chi connectivity index (χ3v) is 3.26. The molecule has 0 aliphatic heterocycles. The smallest absolute Gasteiger partial charge is 0.348 e. The van der Waals surface area contributed by atoms with Crippen molar-refractivity contribution in [2.75, 3.05) is 0 Å². The van der Waals surface area contributed by atoms with Crippen molar-refractivity contribution in [3.05, 3.63) is 35.9 Å². The van der Waals surface area contributed by atoms with Gasteiger partial charge in [0.15, 0.2) is 0 Å². The number of halogens is 9. The van der Waals surface area contributed by atoms with Crippen LogP contribution in [0.3, 0.4) is 0 Å². The predicted molar refractivity (Wildman–Crippen MR) is 63.6 cm³/mol. The van der Waals surface area contributed by atoms with Gasteiger partial charge in [0.05, 0.1) is 6.04 Å². The molecule has 1 aromatic carbocycles. The van der Waals surface area contributed by atoms with Gasteiger partial charge in [-0.25, -0.2) is 0 Å². The molecule has 0 spiro atoms. The van der Waals surface area contributed by atoms with Crippen molar-refractivity contribution in [2.45, 2.75) is 31.5 Å². The molecule has 1 amide bonds. The van der Waals surface area contributed by atoms with Crippen LogP contribution in [0.5, 0.6) is 0 Å².